The molecule has 3 heteroatoms. The molecule has 0 saturated heterocycles. The molecule has 0 aromatic carbocycles. The van der Waals surface area contributed by atoms with Crippen LogP contribution in [0.4, 0.5) is 0 Å². The fraction of sp³-hybridized carbons (Fsp3) is 0.900. The van der Waals surface area contributed by atoms with Crippen LogP contribution in [-0.4, -0.2) is 23.3 Å². The molecule has 0 amide bonds. The van der Waals surface area contributed by atoms with E-state index in [4.69, 9.17) is 4.74 Å². The highest BCUT2D eigenvalue weighted by molar-refractivity contribution is 5.74. The Morgan fingerprint density at radius 1 is 1.31 bits per heavy atom. The highest BCUT2D eigenvalue weighted by atomic mass is 16.6. The Labute approximate surface area is 80.1 Å². The van der Waals surface area contributed by atoms with Gasteiger partial charge < -0.3 is 9.84 Å². The third-order valence-electron chi connectivity index (χ3n) is 2.32. The fourth-order valence-electron chi connectivity index (χ4n) is 0.807. The van der Waals surface area contributed by atoms with Crippen LogP contribution < -0.4 is 0 Å². The average Bonchev–Trinajstić information content (AvgIpc) is 2.14. The lowest BCUT2D eigenvalue weighted by atomic mass is 10.0. The Balaban J connectivity index is 3.96. The fourth-order valence-corrected chi connectivity index (χ4v) is 0.807. The van der Waals surface area contributed by atoms with Crippen LogP contribution in [0.2, 0.25) is 0 Å². The number of rotatable bonds is 5. The second-order valence-electron chi connectivity index (χ2n) is 3.49. The first kappa shape index (κ1) is 12.4. The molecule has 0 rings (SSSR count). The number of aliphatic hydroxyl groups is 1. The highest BCUT2D eigenvalue weighted by Crippen LogP contribution is 2.10. The zero-order chi connectivity index (χ0) is 10.4. The van der Waals surface area contributed by atoms with E-state index in [0.29, 0.717) is 0 Å². The third kappa shape index (κ3) is 4.27. The van der Waals surface area contributed by atoms with Gasteiger partial charge in [0.05, 0.1) is 6.10 Å². The second kappa shape index (κ2) is 5.97. The van der Waals surface area contributed by atoms with Crippen molar-refractivity contribution >= 4 is 5.97 Å². The molecule has 78 valence electrons. The number of carbonyl (C=O) groups excluding carboxylic acids is 1. The summed E-state index contributed by atoms with van der Waals surface area (Å²) in [6.45, 7) is 7.53. The summed E-state index contributed by atoms with van der Waals surface area (Å²) in [5.74, 6) is -0.528. The Hall–Kier alpha value is -0.570. The zero-order valence-electron chi connectivity index (χ0n) is 8.91. The molecule has 0 fully saturated rings. The van der Waals surface area contributed by atoms with E-state index >= 15 is 0 Å². The first-order chi connectivity index (χ1) is 6.02. The normalized spacial score (nSPS) is 17.6. The van der Waals surface area contributed by atoms with Gasteiger partial charge >= 0.3 is 5.97 Å². The smallest absolute Gasteiger partial charge is 0.335 e. The maximum atomic E-state index is 11.2. The summed E-state index contributed by atoms with van der Waals surface area (Å²) in [5.41, 5.74) is 0. The molecule has 1 N–H and O–H groups in total. The van der Waals surface area contributed by atoms with Crippen molar-refractivity contribution in [2.75, 3.05) is 0 Å². The molecule has 0 saturated carbocycles. The van der Waals surface area contributed by atoms with Crippen LogP contribution in [0, 0.1) is 5.92 Å². The molecular formula is C10H20O3. The van der Waals surface area contributed by atoms with Crippen molar-refractivity contribution in [2.45, 2.75) is 52.7 Å². The first-order valence-electron chi connectivity index (χ1n) is 4.91. The number of esters is 1. The van der Waals surface area contributed by atoms with Crippen LogP contribution >= 0.6 is 0 Å². The van der Waals surface area contributed by atoms with Gasteiger partial charge in [-0.25, -0.2) is 4.79 Å². The van der Waals surface area contributed by atoms with Crippen molar-refractivity contribution in [2.24, 2.45) is 5.92 Å². The van der Waals surface area contributed by atoms with E-state index in [2.05, 4.69) is 0 Å². The van der Waals surface area contributed by atoms with Crippen LogP contribution in [0.25, 0.3) is 0 Å². The van der Waals surface area contributed by atoms with E-state index in [1.54, 1.807) is 0 Å². The summed E-state index contributed by atoms with van der Waals surface area (Å²) in [7, 11) is 0. The van der Waals surface area contributed by atoms with E-state index in [9.17, 15) is 9.90 Å². The maximum absolute atomic E-state index is 11.2. The summed E-state index contributed by atoms with van der Waals surface area (Å²) in [5, 5.41) is 9.46. The quantitative estimate of drug-likeness (QED) is 0.668. The van der Waals surface area contributed by atoms with E-state index in [0.717, 1.165) is 12.8 Å². The molecule has 0 spiro atoms. The SMILES string of the molecule is CCC(C)OC(=O)C(O)C(C)CC. The van der Waals surface area contributed by atoms with Crippen molar-refractivity contribution in [1.82, 2.24) is 0 Å². The van der Waals surface area contributed by atoms with Crippen molar-refractivity contribution < 1.29 is 14.6 Å². The van der Waals surface area contributed by atoms with Crippen LogP contribution in [0.5, 0.6) is 0 Å². The Kier molecular flexibility index (Phi) is 5.71. The summed E-state index contributed by atoms with van der Waals surface area (Å²) in [6.07, 6.45) is 0.473. The minimum absolute atomic E-state index is 0.0310. The lowest BCUT2D eigenvalue weighted by Gasteiger charge is -2.18. The van der Waals surface area contributed by atoms with Gasteiger partial charge in [0.1, 0.15) is 0 Å². The van der Waals surface area contributed by atoms with Gasteiger partial charge in [-0.3, -0.25) is 0 Å². The number of hydrogen-bond acceptors (Lipinski definition) is 3. The molecule has 3 unspecified atom stereocenters. The van der Waals surface area contributed by atoms with Crippen molar-refractivity contribution in [3.05, 3.63) is 0 Å². The molecule has 3 nitrogen and oxygen atoms in total. The van der Waals surface area contributed by atoms with Crippen LogP contribution in [0.15, 0.2) is 0 Å². The van der Waals surface area contributed by atoms with E-state index in [1.165, 1.54) is 0 Å². The predicted octanol–water partition coefficient (Wildman–Crippen LogP) is 1.74. The number of ether oxygens (including phenoxy) is 1. The summed E-state index contributed by atoms with van der Waals surface area (Å²) < 4.78 is 5.00. The minimum Gasteiger partial charge on any atom is -0.461 e. The van der Waals surface area contributed by atoms with E-state index in [-0.39, 0.29) is 12.0 Å². The number of aliphatic hydroxyl groups excluding tert-OH is 1. The Bertz CT molecular complexity index is 156. The summed E-state index contributed by atoms with van der Waals surface area (Å²) >= 11 is 0. The molecule has 0 aliphatic rings. The molecule has 0 heterocycles. The molecule has 0 aliphatic carbocycles. The van der Waals surface area contributed by atoms with Gasteiger partial charge in [0.25, 0.3) is 0 Å². The van der Waals surface area contributed by atoms with Gasteiger partial charge in [-0.2, -0.15) is 0 Å². The Morgan fingerprint density at radius 2 is 1.85 bits per heavy atom. The first-order valence-corrected chi connectivity index (χ1v) is 4.91. The van der Waals surface area contributed by atoms with Gasteiger partial charge in [0, 0.05) is 0 Å². The largest absolute Gasteiger partial charge is 0.461 e. The van der Waals surface area contributed by atoms with Gasteiger partial charge in [0.2, 0.25) is 0 Å². The number of carbonyl (C=O) groups is 1. The summed E-state index contributed by atoms with van der Waals surface area (Å²) in [4.78, 5) is 11.2. The van der Waals surface area contributed by atoms with Crippen molar-refractivity contribution in [3.63, 3.8) is 0 Å². The van der Waals surface area contributed by atoms with Crippen LogP contribution in [-0.2, 0) is 9.53 Å². The minimum atomic E-state index is -0.973. The molecule has 0 aliphatic heterocycles. The Morgan fingerprint density at radius 3 is 2.23 bits per heavy atom. The van der Waals surface area contributed by atoms with Gasteiger partial charge in [-0.15, -0.1) is 0 Å². The van der Waals surface area contributed by atoms with Gasteiger partial charge in [-0.05, 0) is 19.3 Å². The maximum Gasteiger partial charge on any atom is 0.335 e. The molecule has 0 bridgehead atoms. The third-order valence-corrected chi connectivity index (χ3v) is 2.32. The zero-order valence-corrected chi connectivity index (χ0v) is 8.91. The van der Waals surface area contributed by atoms with Crippen LogP contribution in [0.3, 0.4) is 0 Å². The van der Waals surface area contributed by atoms with E-state index in [1.807, 2.05) is 27.7 Å². The van der Waals surface area contributed by atoms with Crippen LogP contribution in [0.1, 0.15) is 40.5 Å². The standard InChI is InChI=1S/C10H20O3/c1-5-7(3)9(11)10(12)13-8(4)6-2/h7-9,11H,5-6H2,1-4H3. The predicted molar refractivity (Wildman–Crippen MR) is 51.3 cm³/mol. The molecule has 3 atom stereocenters. The average molecular weight is 188 g/mol. The van der Waals surface area contributed by atoms with Gasteiger partial charge in [-0.1, -0.05) is 27.2 Å². The highest BCUT2D eigenvalue weighted by Gasteiger charge is 2.23. The summed E-state index contributed by atoms with van der Waals surface area (Å²) in [6, 6.07) is 0. The second-order valence-corrected chi connectivity index (χ2v) is 3.49. The molecule has 0 aromatic rings. The monoisotopic (exact) mass is 188 g/mol. The molecule has 13 heavy (non-hydrogen) atoms. The molecule has 0 radical (unpaired) electrons. The van der Waals surface area contributed by atoms with Crippen molar-refractivity contribution in [3.8, 4) is 0 Å². The lowest BCUT2D eigenvalue weighted by Crippen LogP contribution is -2.31. The number of hydrogen-bond donors (Lipinski definition) is 1. The molecular weight excluding hydrogens is 168 g/mol. The van der Waals surface area contributed by atoms with E-state index < -0.39 is 12.1 Å². The van der Waals surface area contributed by atoms with Crippen molar-refractivity contribution in [1.29, 1.82) is 0 Å². The topological polar surface area (TPSA) is 46.5 Å². The van der Waals surface area contributed by atoms with Gasteiger partial charge in [0.15, 0.2) is 6.10 Å². The lowest BCUT2D eigenvalue weighted by molar-refractivity contribution is -0.161. The molecule has 0 aromatic heterocycles.